The number of benzene rings is 2. The molecular formula is C27H23N5O2. The molecule has 4 aliphatic heterocycles. The minimum Gasteiger partial charge on any atom is -0.489 e. The molecule has 0 N–H and O–H groups in total. The van der Waals surface area contributed by atoms with E-state index in [0.717, 1.165) is 40.5 Å². The number of aliphatic imine (C=N–C) groups is 3. The molecule has 7 heteroatoms. The van der Waals surface area contributed by atoms with Gasteiger partial charge in [0.1, 0.15) is 18.4 Å². The summed E-state index contributed by atoms with van der Waals surface area (Å²) in [6, 6.07) is 10.2. The summed E-state index contributed by atoms with van der Waals surface area (Å²) in [5.74, 6) is 0.858. The lowest BCUT2D eigenvalue weighted by Gasteiger charge is -2.33. The highest BCUT2D eigenvalue weighted by molar-refractivity contribution is 6.06. The Morgan fingerprint density at radius 2 is 2.15 bits per heavy atom. The van der Waals surface area contributed by atoms with Gasteiger partial charge in [-0.15, -0.1) is 0 Å². The van der Waals surface area contributed by atoms with Crippen LogP contribution in [0.5, 0.6) is 5.75 Å². The topological polar surface area (TPSA) is 90.4 Å². The van der Waals surface area contributed by atoms with Crippen molar-refractivity contribution in [3.05, 3.63) is 52.7 Å². The lowest BCUT2D eigenvalue weighted by atomic mass is 9.88. The highest BCUT2D eigenvalue weighted by Gasteiger charge is 2.35. The Bertz CT molecular complexity index is 1420. The van der Waals surface area contributed by atoms with Gasteiger partial charge in [0.15, 0.2) is 5.78 Å². The molecular weight excluding hydrogens is 426 g/mol. The second-order valence-electron chi connectivity index (χ2n) is 9.05. The number of carbonyl (C=O) groups is 1. The van der Waals surface area contributed by atoms with Crippen molar-refractivity contribution in [3.8, 4) is 11.8 Å². The van der Waals surface area contributed by atoms with Gasteiger partial charge in [0, 0.05) is 29.8 Å². The molecule has 2 atom stereocenters. The smallest absolute Gasteiger partial charge is 0.160 e. The first-order chi connectivity index (χ1) is 16.6. The van der Waals surface area contributed by atoms with Crippen molar-refractivity contribution >= 4 is 46.5 Å². The first-order valence-electron chi connectivity index (χ1n) is 11.5. The summed E-state index contributed by atoms with van der Waals surface area (Å²) < 4.78 is 5.98. The van der Waals surface area contributed by atoms with Crippen LogP contribution in [0.25, 0.3) is 16.8 Å². The standard InChI is InChI=1S/C27H23N5O2/c1-16-25-14-29-20-9-19-8-18-3-5-22(11-23(18)27(30-13-20)24(19)12-28)34-7-6-17-2-4-21(10-26(17)33)32(25)15-31-16/h3,5-6,8-9,11,13-14,21,25H,2,4,7,10,15H2,1H3. The van der Waals surface area contributed by atoms with E-state index in [1.807, 2.05) is 49.6 Å². The van der Waals surface area contributed by atoms with Crippen molar-refractivity contribution in [1.82, 2.24) is 4.90 Å². The quantitative estimate of drug-likeness (QED) is 0.597. The van der Waals surface area contributed by atoms with Crippen LogP contribution in [0, 0.1) is 11.3 Å². The number of ether oxygens (including phenoxy) is 1. The Kier molecular flexibility index (Phi) is 4.96. The maximum absolute atomic E-state index is 12.9. The van der Waals surface area contributed by atoms with Crippen molar-refractivity contribution in [3.63, 3.8) is 0 Å². The number of hydrogen-bond donors (Lipinski definition) is 0. The highest BCUT2D eigenvalue weighted by Crippen LogP contribution is 2.37. The number of nitriles is 1. The van der Waals surface area contributed by atoms with Gasteiger partial charge in [-0.25, -0.2) is 0 Å². The minimum atomic E-state index is -0.0664. The van der Waals surface area contributed by atoms with E-state index in [1.54, 1.807) is 6.21 Å². The number of carbonyl (C=O) groups excluding carboxylic acids is 1. The average molecular weight is 450 g/mol. The minimum absolute atomic E-state index is 0.0664. The molecule has 34 heavy (non-hydrogen) atoms. The predicted molar refractivity (Wildman–Crippen MR) is 133 cm³/mol. The zero-order valence-electron chi connectivity index (χ0n) is 18.9. The number of hydrogen-bond acceptors (Lipinski definition) is 7. The van der Waals surface area contributed by atoms with Crippen LogP contribution in [0.2, 0.25) is 0 Å². The maximum atomic E-state index is 12.9. The zero-order valence-corrected chi connectivity index (χ0v) is 18.9. The summed E-state index contributed by atoms with van der Waals surface area (Å²) in [7, 11) is 0. The van der Waals surface area contributed by atoms with Crippen LogP contribution in [0.3, 0.4) is 0 Å². The van der Waals surface area contributed by atoms with E-state index in [-0.39, 0.29) is 17.9 Å². The molecule has 2 aromatic rings. The van der Waals surface area contributed by atoms with E-state index in [4.69, 9.17) is 9.73 Å². The van der Waals surface area contributed by atoms with Gasteiger partial charge in [0.05, 0.1) is 35.9 Å². The van der Waals surface area contributed by atoms with Crippen molar-refractivity contribution in [2.45, 2.75) is 38.3 Å². The van der Waals surface area contributed by atoms with E-state index in [2.05, 4.69) is 21.0 Å². The van der Waals surface area contributed by atoms with E-state index in [9.17, 15) is 10.1 Å². The first-order valence-corrected chi connectivity index (χ1v) is 11.5. The number of ketones is 1. The zero-order chi connectivity index (χ0) is 23.2. The third kappa shape index (κ3) is 3.47. The first kappa shape index (κ1) is 20.7. The molecule has 1 aliphatic carbocycles. The van der Waals surface area contributed by atoms with Gasteiger partial charge >= 0.3 is 0 Å². The van der Waals surface area contributed by atoms with Crippen LogP contribution in [0.4, 0.5) is 5.69 Å². The van der Waals surface area contributed by atoms with Gasteiger partial charge in [-0.3, -0.25) is 24.7 Å². The lowest BCUT2D eigenvalue weighted by molar-refractivity contribution is -0.118. The molecule has 1 saturated carbocycles. The van der Waals surface area contributed by atoms with Gasteiger partial charge in [0.25, 0.3) is 0 Å². The van der Waals surface area contributed by atoms with E-state index >= 15 is 0 Å². The Balaban J connectivity index is 1.50. The molecule has 0 amide bonds. The van der Waals surface area contributed by atoms with Crippen LogP contribution >= 0.6 is 0 Å². The normalized spacial score (nSPS) is 23.9. The van der Waals surface area contributed by atoms with Gasteiger partial charge < -0.3 is 4.74 Å². The van der Waals surface area contributed by atoms with E-state index in [1.165, 1.54) is 0 Å². The van der Waals surface area contributed by atoms with Crippen LogP contribution in [0.1, 0.15) is 37.3 Å². The summed E-state index contributed by atoms with van der Waals surface area (Å²) >= 11 is 0. The van der Waals surface area contributed by atoms with Crippen molar-refractivity contribution in [2.75, 3.05) is 13.3 Å². The molecule has 0 aromatic heterocycles. The number of allylic oxidation sites excluding steroid dienone is 2. The monoisotopic (exact) mass is 449 g/mol. The van der Waals surface area contributed by atoms with Gasteiger partial charge in [-0.1, -0.05) is 6.07 Å². The SMILES string of the molecule is CC1=NCN2C3CCC(=CCOc4ccc5cc6c(C#N)c(c5c4)N=CC(=C6)N=CC12)C(=O)C3. The van der Waals surface area contributed by atoms with Crippen LogP contribution in [0.15, 0.2) is 56.6 Å². The molecule has 2 aromatic carbocycles. The summed E-state index contributed by atoms with van der Waals surface area (Å²) in [5.41, 5.74) is 4.44. The Morgan fingerprint density at radius 1 is 1.24 bits per heavy atom. The van der Waals surface area contributed by atoms with Gasteiger partial charge in [-0.05, 0) is 66.6 Å². The third-order valence-electron chi connectivity index (χ3n) is 7.07. The fraction of sp³-hybridized carbons (Fsp3) is 0.296. The van der Waals surface area contributed by atoms with Crippen molar-refractivity contribution in [2.24, 2.45) is 15.0 Å². The van der Waals surface area contributed by atoms with Crippen LogP contribution < -0.4 is 4.74 Å². The van der Waals surface area contributed by atoms with Crippen molar-refractivity contribution < 1.29 is 9.53 Å². The second-order valence-corrected chi connectivity index (χ2v) is 9.05. The summed E-state index contributed by atoms with van der Waals surface area (Å²) in [4.78, 5) is 29.2. The Hall–Kier alpha value is -3.89. The number of Topliss-reactive ketones (excluding diaryl/α,β-unsaturated/α-hetero) is 1. The molecule has 2 unspecified atom stereocenters. The molecule has 168 valence electrons. The number of rotatable bonds is 0. The molecule has 0 saturated heterocycles. The van der Waals surface area contributed by atoms with Crippen LogP contribution in [-0.4, -0.2) is 54.2 Å². The Morgan fingerprint density at radius 3 is 3.00 bits per heavy atom. The largest absolute Gasteiger partial charge is 0.489 e. The fourth-order valence-electron chi connectivity index (χ4n) is 5.18. The molecule has 0 spiro atoms. The highest BCUT2D eigenvalue weighted by atomic mass is 16.5. The van der Waals surface area contributed by atoms with E-state index < -0.39 is 0 Å². The molecule has 5 aliphatic rings. The third-order valence-corrected chi connectivity index (χ3v) is 7.07. The predicted octanol–water partition coefficient (Wildman–Crippen LogP) is 4.38. The molecule has 7 rings (SSSR count). The summed E-state index contributed by atoms with van der Waals surface area (Å²) in [6.07, 6.45) is 9.53. The summed E-state index contributed by atoms with van der Waals surface area (Å²) in [6.45, 7) is 2.90. The Labute approximate surface area is 197 Å². The molecule has 1 fully saturated rings. The fourth-order valence-corrected chi connectivity index (χ4v) is 5.18. The van der Waals surface area contributed by atoms with Gasteiger partial charge in [0.2, 0.25) is 0 Å². The van der Waals surface area contributed by atoms with E-state index in [0.29, 0.717) is 42.4 Å². The molecule has 4 heterocycles. The van der Waals surface area contributed by atoms with Crippen LogP contribution in [-0.2, 0) is 4.79 Å². The van der Waals surface area contributed by atoms with Crippen molar-refractivity contribution in [1.29, 1.82) is 5.26 Å². The summed E-state index contributed by atoms with van der Waals surface area (Å²) in [5, 5.41) is 11.7. The maximum Gasteiger partial charge on any atom is 0.160 e. The van der Waals surface area contributed by atoms with Gasteiger partial charge in [-0.2, -0.15) is 5.26 Å². The number of fused-ring (bicyclic) bond motifs is 5. The molecule has 7 bridgehead atoms. The average Bonchev–Trinajstić information content (AvgIpc) is 3.14. The number of nitrogens with zero attached hydrogens (tertiary/aromatic N) is 5. The molecule has 7 nitrogen and oxygen atoms in total. The lowest BCUT2D eigenvalue weighted by Crippen LogP contribution is -2.46. The molecule has 0 radical (unpaired) electrons. The second kappa shape index (κ2) is 8.15.